The number of amides is 3. The maximum Gasteiger partial charge on any atom is 0.244 e. The highest BCUT2D eigenvalue weighted by atomic mass is 16.3. The number of nitriles is 1. The Morgan fingerprint density at radius 2 is 1.80 bits per heavy atom. The summed E-state index contributed by atoms with van der Waals surface area (Å²) in [4.78, 5) is 38.0. The molecule has 8 heteroatoms. The molecule has 182 valence electrons. The van der Waals surface area contributed by atoms with Gasteiger partial charge in [0.2, 0.25) is 17.7 Å². The zero-order valence-corrected chi connectivity index (χ0v) is 19.4. The second-order valence-electron chi connectivity index (χ2n) is 8.55. The zero-order chi connectivity index (χ0) is 25.0. The first-order valence-corrected chi connectivity index (χ1v) is 11.7. The molecule has 0 spiro atoms. The molecule has 1 heterocycles. The lowest BCUT2D eigenvalue weighted by Crippen LogP contribution is -2.54. The Labute approximate surface area is 205 Å². The molecule has 4 N–H and O–H groups in total. The van der Waals surface area contributed by atoms with Crippen LogP contribution in [0.1, 0.15) is 30.4 Å². The van der Waals surface area contributed by atoms with Gasteiger partial charge in [-0.05, 0) is 36.5 Å². The van der Waals surface area contributed by atoms with E-state index in [1.54, 1.807) is 12.1 Å². The highest BCUT2D eigenvalue weighted by Gasteiger charge is 2.32. The van der Waals surface area contributed by atoms with Crippen molar-refractivity contribution in [2.24, 2.45) is 5.92 Å². The van der Waals surface area contributed by atoms with Crippen molar-refractivity contribution < 1.29 is 19.5 Å². The molecule has 0 radical (unpaired) electrons. The number of aliphatic hydroxyl groups is 1. The maximum atomic E-state index is 13.2. The van der Waals surface area contributed by atoms with Crippen LogP contribution in [0.5, 0.6) is 0 Å². The molecule has 3 amide bonds. The van der Waals surface area contributed by atoms with Gasteiger partial charge in [-0.15, -0.1) is 0 Å². The summed E-state index contributed by atoms with van der Waals surface area (Å²) in [6.07, 6.45) is 3.28. The second kappa shape index (κ2) is 13.1. The molecule has 0 aliphatic carbocycles. The van der Waals surface area contributed by atoms with Crippen molar-refractivity contribution in [1.29, 1.82) is 5.26 Å². The summed E-state index contributed by atoms with van der Waals surface area (Å²) in [5, 5.41) is 27.7. The van der Waals surface area contributed by atoms with E-state index >= 15 is 0 Å². The third-order valence-corrected chi connectivity index (χ3v) is 5.92. The largest absolute Gasteiger partial charge is 0.376 e. The lowest BCUT2D eigenvalue weighted by atomic mass is 9.89. The topological polar surface area (TPSA) is 131 Å². The van der Waals surface area contributed by atoms with Gasteiger partial charge in [-0.2, -0.15) is 5.26 Å². The quantitative estimate of drug-likeness (QED) is 0.308. The Morgan fingerprint density at radius 1 is 1.11 bits per heavy atom. The fourth-order valence-corrected chi connectivity index (χ4v) is 4.02. The van der Waals surface area contributed by atoms with Crippen molar-refractivity contribution in [3.8, 4) is 6.07 Å². The minimum atomic E-state index is -1.49. The van der Waals surface area contributed by atoms with Crippen molar-refractivity contribution in [2.45, 2.75) is 43.9 Å². The predicted molar refractivity (Wildman–Crippen MR) is 131 cm³/mol. The molecule has 8 nitrogen and oxygen atoms in total. The van der Waals surface area contributed by atoms with Gasteiger partial charge in [0.05, 0.1) is 12.1 Å². The van der Waals surface area contributed by atoms with Gasteiger partial charge in [0.15, 0.2) is 6.10 Å². The van der Waals surface area contributed by atoms with Gasteiger partial charge in [0, 0.05) is 25.0 Å². The standard InChI is InChI=1S/C27H30N4O4/c28-18-24(32)22(17-21-12-7-15-29-26(21)34)31-27(35)23(16-20-10-5-2-6-11-20)30-25(33)14-13-19-8-3-1-4-9-19/h1-6,8-11,13-14,21-24,32H,7,12,15-17H2,(H,29,34)(H,30,33)(H,31,35)/b14-13+/t21?,22-,23-,24?/m0/s1. The summed E-state index contributed by atoms with van der Waals surface area (Å²) in [5.41, 5.74) is 1.68. The van der Waals surface area contributed by atoms with Crippen LogP contribution in [-0.4, -0.2) is 47.6 Å². The van der Waals surface area contributed by atoms with E-state index in [4.69, 9.17) is 0 Å². The number of hydrogen-bond donors (Lipinski definition) is 4. The van der Waals surface area contributed by atoms with Crippen LogP contribution in [0.2, 0.25) is 0 Å². The number of benzene rings is 2. The molecule has 2 unspecified atom stereocenters. The van der Waals surface area contributed by atoms with E-state index in [1.807, 2.05) is 60.7 Å². The van der Waals surface area contributed by atoms with Crippen molar-refractivity contribution in [3.05, 3.63) is 77.9 Å². The first-order valence-electron chi connectivity index (χ1n) is 11.7. The normalized spacial score (nSPS) is 18.1. The summed E-state index contributed by atoms with van der Waals surface area (Å²) < 4.78 is 0. The fraction of sp³-hybridized carbons (Fsp3) is 0.333. The van der Waals surface area contributed by atoms with E-state index in [2.05, 4.69) is 16.0 Å². The van der Waals surface area contributed by atoms with E-state index in [1.165, 1.54) is 6.08 Å². The number of hydrogen-bond acceptors (Lipinski definition) is 5. The minimum Gasteiger partial charge on any atom is -0.376 e. The van der Waals surface area contributed by atoms with Gasteiger partial charge in [-0.3, -0.25) is 14.4 Å². The monoisotopic (exact) mass is 474 g/mol. The van der Waals surface area contributed by atoms with Crippen molar-refractivity contribution in [3.63, 3.8) is 0 Å². The molecule has 4 atom stereocenters. The zero-order valence-electron chi connectivity index (χ0n) is 19.4. The molecule has 35 heavy (non-hydrogen) atoms. The van der Waals surface area contributed by atoms with Crippen LogP contribution >= 0.6 is 0 Å². The molecule has 1 aliphatic rings. The molecular formula is C27H30N4O4. The number of aliphatic hydroxyl groups excluding tert-OH is 1. The Bertz CT molecular complexity index is 1070. The molecule has 0 aromatic heterocycles. The van der Waals surface area contributed by atoms with Crippen molar-refractivity contribution in [2.75, 3.05) is 6.54 Å². The molecule has 1 aliphatic heterocycles. The number of nitrogens with zero attached hydrogens (tertiary/aromatic N) is 1. The summed E-state index contributed by atoms with van der Waals surface area (Å²) in [6, 6.07) is 18.4. The van der Waals surface area contributed by atoms with Crippen LogP contribution in [0.25, 0.3) is 6.08 Å². The lowest BCUT2D eigenvalue weighted by molar-refractivity contribution is -0.130. The van der Waals surface area contributed by atoms with Crippen LogP contribution in [0.4, 0.5) is 0 Å². The number of carbonyl (C=O) groups is 3. The minimum absolute atomic E-state index is 0.131. The molecular weight excluding hydrogens is 444 g/mol. The van der Waals surface area contributed by atoms with E-state index < -0.39 is 35.9 Å². The smallest absolute Gasteiger partial charge is 0.244 e. The summed E-state index contributed by atoms with van der Waals surface area (Å²) >= 11 is 0. The summed E-state index contributed by atoms with van der Waals surface area (Å²) in [6.45, 7) is 0.592. The van der Waals surface area contributed by atoms with Gasteiger partial charge in [-0.1, -0.05) is 60.7 Å². The van der Waals surface area contributed by atoms with Crippen LogP contribution in [0.3, 0.4) is 0 Å². The Kier molecular flexibility index (Phi) is 9.58. The first kappa shape index (κ1) is 25.7. The van der Waals surface area contributed by atoms with E-state index in [-0.39, 0.29) is 18.7 Å². The third-order valence-electron chi connectivity index (χ3n) is 5.92. The SMILES string of the molecule is N#CC(O)[C@H](CC1CCCNC1=O)NC(=O)[C@H](Cc1ccccc1)NC(=O)/C=C/c1ccccc1. The Balaban J connectivity index is 1.73. The van der Waals surface area contributed by atoms with E-state index in [9.17, 15) is 24.8 Å². The molecule has 1 fully saturated rings. The van der Waals surface area contributed by atoms with Gasteiger partial charge in [0.1, 0.15) is 6.04 Å². The number of rotatable bonds is 10. The van der Waals surface area contributed by atoms with Gasteiger partial charge in [-0.25, -0.2) is 0 Å². The van der Waals surface area contributed by atoms with Gasteiger partial charge in [0.25, 0.3) is 0 Å². The predicted octanol–water partition coefficient (Wildman–Crippen LogP) is 1.71. The highest BCUT2D eigenvalue weighted by molar-refractivity contribution is 5.95. The van der Waals surface area contributed by atoms with E-state index in [0.717, 1.165) is 17.5 Å². The molecule has 2 aromatic carbocycles. The van der Waals surface area contributed by atoms with Crippen LogP contribution in [-0.2, 0) is 20.8 Å². The summed E-state index contributed by atoms with van der Waals surface area (Å²) in [5.74, 6) is -1.55. The van der Waals surface area contributed by atoms with Crippen LogP contribution in [0, 0.1) is 17.2 Å². The molecule has 0 saturated carbocycles. The maximum absolute atomic E-state index is 13.2. The molecule has 2 aromatic rings. The van der Waals surface area contributed by atoms with Crippen molar-refractivity contribution >= 4 is 23.8 Å². The summed E-state index contributed by atoms with van der Waals surface area (Å²) in [7, 11) is 0. The molecule has 3 rings (SSSR count). The Hall–Kier alpha value is -3.96. The second-order valence-corrected chi connectivity index (χ2v) is 8.55. The molecule has 1 saturated heterocycles. The lowest BCUT2D eigenvalue weighted by Gasteiger charge is -2.29. The van der Waals surface area contributed by atoms with Crippen LogP contribution in [0.15, 0.2) is 66.7 Å². The van der Waals surface area contributed by atoms with Gasteiger partial charge >= 0.3 is 0 Å². The number of piperidine rings is 1. The third kappa shape index (κ3) is 8.09. The number of nitrogens with one attached hydrogen (secondary N) is 3. The van der Waals surface area contributed by atoms with Crippen LogP contribution < -0.4 is 16.0 Å². The van der Waals surface area contributed by atoms with E-state index in [0.29, 0.717) is 13.0 Å². The van der Waals surface area contributed by atoms with Gasteiger partial charge < -0.3 is 21.1 Å². The van der Waals surface area contributed by atoms with Crippen molar-refractivity contribution in [1.82, 2.24) is 16.0 Å². The average Bonchev–Trinajstić information content (AvgIpc) is 2.88. The average molecular weight is 475 g/mol. The first-order chi connectivity index (χ1) is 17.0. The molecule has 0 bridgehead atoms. The highest BCUT2D eigenvalue weighted by Crippen LogP contribution is 2.19. The number of carbonyl (C=O) groups excluding carboxylic acids is 3. The Morgan fingerprint density at radius 3 is 2.46 bits per heavy atom. The fourth-order valence-electron chi connectivity index (χ4n) is 4.02.